The van der Waals surface area contributed by atoms with Crippen LogP contribution in [0.5, 0.6) is 0 Å². The third-order valence-electron chi connectivity index (χ3n) is 5.49. The topological polar surface area (TPSA) is 98.5 Å². The van der Waals surface area contributed by atoms with Gasteiger partial charge < -0.3 is 19.9 Å². The number of carbonyl (C=O) groups excluding carboxylic acids is 1. The summed E-state index contributed by atoms with van der Waals surface area (Å²) in [6.07, 6.45) is 7.77. The highest BCUT2D eigenvalue weighted by molar-refractivity contribution is 5.79. The summed E-state index contributed by atoms with van der Waals surface area (Å²) in [7, 11) is 0. The van der Waals surface area contributed by atoms with E-state index in [4.69, 9.17) is 9.47 Å². The molecule has 0 unspecified atom stereocenters. The summed E-state index contributed by atoms with van der Waals surface area (Å²) >= 11 is 0. The first-order valence-corrected chi connectivity index (χ1v) is 10.2. The van der Waals surface area contributed by atoms with Crippen molar-refractivity contribution in [1.29, 1.82) is 0 Å². The molecule has 0 aromatic carbocycles. The van der Waals surface area contributed by atoms with Gasteiger partial charge >= 0.3 is 0 Å². The number of amides is 1. The van der Waals surface area contributed by atoms with E-state index in [-0.39, 0.29) is 36.7 Å². The van der Waals surface area contributed by atoms with Crippen LogP contribution in [0.15, 0.2) is 6.20 Å². The molecule has 2 N–H and O–H groups in total. The van der Waals surface area contributed by atoms with Gasteiger partial charge in [-0.05, 0) is 38.5 Å². The van der Waals surface area contributed by atoms with Gasteiger partial charge in [0.15, 0.2) is 0 Å². The lowest BCUT2D eigenvalue weighted by Crippen LogP contribution is -2.52. The van der Waals surface area contributed by atoms with Crippen molar-refractivity contribution in [3.05, 3.63) is 11.9 Å². The van der Waals surface area contributed by atoms with Gasteiger partial charge in [0.05, 0.1) is 24.4 Å². The second-order valence-electron chi connectivity index (χ2n) is 7.57. The van der Waals surface area contributed by atoms with Gasteiger partial charge in [-0.15, -0.1) is 5.10 Å². The zero-order valence-corrected chi connectivity index (χ0v) is 16.2. The summed E-state index contributed by atoms with van der Waals surface area (Å²) in [5.74, 6) is 0.0790. The SMILES string of the molecule is CCCc1cn(CC[C@@H]2CC[C@@H](NC(=O)C3CCOCC3)[C@H](CO)O2)nn1. The number of aliphatic hydroxyl groups is 1. The van der Waals surface area contributed by atoms with Crippen molar-refractivity contribution in [2.45, 2.75) is 76.7 Å². The standard InChI is InChI=1S/C19H32N4O4/c1-2-3-15-12-23(22-21-15)9-6-16-4-5-17(18(13-24)27-16)20-19(25)14-7-10-26-11-8-14/h12,14,16-18,24H,2-11,13H2,1H3,(H,20,25)/t16-,17+,18-/m0/s1. The summed E-state index contributed by atoms with van der Waals surface area (Å²) in [5.41, 5.74) is 1.02. The highest BCUT2D eigenvalue weighted by atomic mass is 16.5. The highest BCUT2D eigenvalue weighted by Crippen LogP contribution is 2.23. The largest absolute Gasteiger partial charge is 0.394 e. The molecule has 8 heteroatoms. The lowest BCUT2D eigenvalue weighted by atomic mass is 9.94. The van der Waals surface area contributed by atoms with Crippen molar-refractivity contribution in [3.8, 4) is 0 Å². The molecular weight excluding hydrogens is 348 g/mol. The molecular formula is C19H32N4O4. The minimum atomic E-state index is -0.348. The molecule has 3 atom stereocenters. The van der Waals surface area contributed by atoms with Gasteiger partial charge in [-0.25, -0.2) is 0 Å². The number of aromatic nitrogens is 3. The average Bonchev–Trinajstić information content (AvgIpc) is 3.15. The van der Waals surface area contributed by atoms with Crippen molar-refractivity contribution in [2.24, 2.45) is 5.92 Å². The van der Waals surface area contributed by atoms with Gasteiger partial charge in [0.2, 0.25) is 5.91 Å². The van der Waals surface area contributed by atoms with Crippen molar-refractivity contribution in [3.63, 3.8) is 0 Å². The van der Waals surface area contributed by atoms with Gasteiger partial charge in [-0.1, -0.05) is 18.6 Å². The van der Waals surface area contributed by atoms with Crippen LogP contribution in [-0.4, -0.2) is 64.1 Å². The molecule has 8 nitrogen and oxygen atoms in total. The summed E-state index contributed by atoms with van der Waals surface area (Å²) < 4.78 is 13.2. The maximum atomic E-state index is 12.5. The van der Waals surface area contributed by atoms with Gasteiger partial charge in [-0.2, -0.15) is 0 Å². The summed E-state index contributed by atoms with van der Waals surface area (Å²) in [6.45, 7) is 4.08. The second kappa shape index (κ2) is 10.1. The summed E-state index contributed by atoms with van der Waals surface area (Å²) in [5, 5.41) is 21.1. The first kappa shape index (κ1) is 20.2. The van der Waals surface area contributed by atoms with Crippen LogP contribution < -0.4 is 5.32 Å². The zero-order chi connectivity index (χ0) is 19.1. The molecule has 1 aromatic rings. The summed E-state index contributed by atoms with van der Waals surface area (Å²) in [4.78, 5) is 12.5. The fourth-order valence-electron chi connectivity index (χ4n) is 3.86. The van der Waals surface area contributed by atoms with Crippen molar-refractivity contribution in [2.75, 3.05) is 19.8 Å². The van der Waals surface area contributed by atoms with E-state index in [0.717, 1.165) is 57.2 Å². The summed E-state index contributed by atoms with van der Waals surface area (Å²) in [6, 6.07) is -0.121. The molecule has 3 heterocycles. The third-order valence-corrected chi connectivity index (χ3v) is 5.49. The quantitative estimate of drug-likeness (QED) is 0.700. The number of hydrogen-bond donors (Lipinski definition) is 2. The first-order chi connectivity index (χ1) is 13.2. The maximum absolute atomic E-state index is 12.5. The molecule has 2 saturated heterocycles. The molecule has 0 radical (unpaired) electrons. The number of rotatable bonds is 8. The molecule has 2 aliphatic rings. The number of nitrogens with zero attached hydrogens (tertiary/aromatic N) is 3. The fraction of sp³-hybridized carbons (Fsp3) is 0.842. The molecule has 2 fully saturated rings. The van der Waals surface area contributed by atoms with E-state index in [0.29, 0.717) is 13.2 Å². The van der Waals surface area contributed by atoms with E-state index in [1.54, 1.807) is 0 Å². The normalized spacial score (nSPS) is 26.8. The molecule has 2 aliphatic heterocycles. The Bertz CT molecular complexity index is 588. The van der Waals surface area contributed by atoms with Gasteiger partial charge in [0.1, 0.15) is 6.10 Å². The van der Waals surface area contributed by atoms with E-state index in [1.165, 1.54) is 0 Å². The fourth-order valence-corrected chi connectivity index (χ4v) is 3.86. The van der Waals surface area contributed by atoms with Crippen molar-refractivity contribution >= 4 is 5.91 Å². The molecule has 3 rings (SSSR count). The third kappa shape index (κ3) is 5.73. The Morgan fingerprint density at radius 2 is 2.15 bits per heavy atom. The van der Waals surface area contributed by atoms with E-state index in [2.05, 4.69) is 22.6 Å². The maximum Gasteiger partial charge on any atom is 0.223 e. The number of hydrogen-bond acceptors (Lipinski definition) is 6. The van der Waals surface area contributed by atoms with Crippen LogP contribution in [0.25, 0.3) is 0 Å². The van der Waals surface area contributed by atoms with E-state index in [9.17, 15) is 9.90 Å². The number of aryl methyl sites for hydroxylation is 2. The predicted molar refractivity (Wildman–Crippen MR) is 99.1 cm³/mol. The lowest BCUT2D eigenvalue weighted by molar-refractivity contribution is -0.134. The minimum absolute atomic E-state index is 0.0143. The average molecular weight is 380 g/mol. The van der Waals surface area contributed by atoms with Crippen LogP contribution in [0.4, 0.5) is 0 Å². The van der Waals surface area contributed by atoms with Gasteiger partial charge in [0, 0.05) is 31.9 Å². The highest BCUT2D eigenvalue weighted by Gasteiger charge is 2.33. The van der Waals surface area contributed by atoms with Crippen molar-refractivity contribution in [1.82, 2.24) is 20.3 Å². The van der Waals surface area contributed by atoms with Crippen LogP contribution in [0, 0.1) is 5.92 Å². The Labute approximate surface area is 160 Å². The van der Waals surface area contributed by atoms with Crippen molar-refractivity contribution < 1.29 is 19.4 Å². The van der Waals surface area contributed by atoms with Crippen LogP contribution >= 0.6 is 0 Å². The number of ether oxygens (including phenoxy) is 2. The van der Waals surface area contributed by atoms with Crippen LogP contribution in [0.1, 0.15) is 51.1 Å². The van der Waals surface area contributed by atoms with Gasteiger partial charge in [0.25, 0.3) is 0 Å². The Morgan fingerprint density at radius 3 is 2.89 bits per heavy atom. The van der Waals surface area contributed by atoms with E-state index >= 15 is 0 Å². The van der Waals surface area contributed by atoms with Crippen LogP contribution in [0.3, 0.4) is 0 Å². The van der Waals surface area contributed by atoms with E-state index in [1.807, 2.05) is 10.9 Å². The second-order valence-corrected chi connectivity index (χ2v) is 7.57. The molecule has 1 aromatic heterocycles. The Morgan fingerprint density at radius 1 is 1.33 bits per heavy atom. The van der Waals surface area contributed by atoms with Crippen LogP contribution in [-0.2, 0) is 27.2 Å². The number of carbonyl (C=O) groups is 1. The predicted octanol–water partition coefficient (Wildman–Crippen LogP) is 1.07. The minimum Gasteiger partial charge on any atom is -0.394 e. The number of nitrogens with one attached hydrogen (secondary N) is 1. The lowest BCUT2D eigenvalue weighted by Gasteiger charge is -2.37. The Kier molecular flexibility index (Phi) is 7.60. The molecule has 152 valence electrons. The Hall–Kier alpha value is -1.51. The molecule has 1 amide bonds. The molecule has 0 bridgehead atoms. The molecule has 27 heavy (non-hydrogen) atoms. The zero-order valence-electron chi connectivity index (χ0n) is 16.2. The molecule has 0 saturated carbocycles. The van der Waals surface area contributed by atoms with Gasteiger partial charge in [-0.3, -0.25) is 9.48 Å². The monoisotopic (exact) mass is 380 g/mol. The first-order valence-electron chi connectivity index (χ1n) is 10.2. The van der Waals surface area contributed by atoms with E-state index < -0.39 is 0 Å². The molecule has 0 aliphatic carbocycles. The Balaban J connectivity index is 1.44. The smallest absolute Gasteiger partial charge is 0.223 e. The van der Waals surface area contributed by atoms with Crippen LogP contribution in [0.2, 0.25) is 0 Å². The number of aliphatic hydroxyl groups excluding tert-OH is 1. The molecule has 0 spiro atoms.